The third-order valence-corrected chi connectivity index (χ3v) is 3.84. The number of amides is 3. The monoisotopic (exact) mass is 357 g/mol. The van der Waals surface area contributed by atoms with E-state index in [1.807, 2.05) is 0 Å². The van der Waals surface area contributed by atoms with E-state index in [2.05, 4.69) is 5.32 Å². The Morgan fingerprint density at radius 1 is 1.38 bits per heavy atom. The molecule has 1 N–H and O–H groups in total. The van der Waals surface area contributed by atoms with E-state index in [4.69, 9.17) is 0 Å². The normalized spacial score (nSPS) is 17.2. The Balaban J connectivity index is 0.00000288. The molecule has 24 heavy (non-hydrogen) atoms. The number of nitrogens with zero attached hydrogens (tertiary/aromatic N) is 2. The maximum atomic E-state index is 14.6. The van der Waals surface area contributed by atoms with Crippen LogP contribution in [0.25, 0.3) is 0 Å². The second-order valence-electron chi connectivity index (χ2n) is 5.63. The van der Waals surface area contributed by atoms with Crippen LogP contribution in [0.3, 0.4) is 0 Å². The van der Waals surface area contributed by atoms with Crippen LogP contribution in [0.4, 0.5) is 10.1 Å². The van der Waals surface area contributed by atoms with Gasteiger partial charge in [-0.05, 0) is 20.2 Å². The lowest BCUT2D eigenvalue weighted by atomic mass is 10.1. The fraction of sp³-hybridized carbons (Fsp3) is 0.438. The summed E-state index contributed by atoms with van der Waals surface area (Å²) < 4.78 is 14.6. The van der Waals surface area contributed by atoms with Gasteiger partial charge in [-0.2, -0.15) is 0 Å². The SMILES string of the molecule is CCC(=O)NCc1cccc(N2C(=O)C[C@@H](N(C)C)C2=O)c1F.Cl. The third kappa shape index (κ3) is 3.91. The molecule has 1 aromatic carbocycles. The van der Waals surface area contributed by atoms with Gasteiger partial charge in [0.05, 0.1) is 18.2 Å². The molecule has 0 aliphatic carbocycles. The molecule has 0 radical (unpaired) electrons. The highest BCUT2D eigenvalue weighted by Gasteiger charge is 2.41. The minimum atomic E-state index is -0.662. The lowest BCUT2D eigenvalue weighted by molar-refractivity contribution is -0.123. The molecular formula is C16H21ClFN3O3. The number of likely N-dealkylation sites (N-methyl/N-ethyl adjacent to an activating group) is 1. The molecule has 0 bridgehead atoms. The van der Waals surface area contributed by atoms with E-state index in [9.17, 15) is 18.8 Å². The van der Waals surface area contributed by atoms with Crippen molar-refractivity contribution >= 4 is 35.8 Å². The van der Waals surface area contributed by atoms with Crippen LogP contribution < -0.4 is 10.2 Å². The summed E-state index contributed by atoms with van der Waals surface area (Å²) in [6.07, 6.45) is 0.330. The van der Waals surface area contributed by atoms with Crippen LogP contribution in [-0.4, -0.2) is 42.8 Å². The molecule has 1 aromatic rings. The van der Waals surface area contributed by atoms with Gasteiger partial charge in [0, 0.05) is 18.5 Å². The standard InChI is InChI=1S/C16H20FN3O3.ClH/c1-4-13(21)18-9-10-6-5-7-11(15(10)17)20-14(22)8-12(16(20)23)19(2)3;/h5-7,12H,4,8-9H2,1-3H3,(H,18,21);1H/t12-;/m1./s1. The molecule has 0 unspecified atom stereocenters. The number of halogens is 2. The summed E-state index contributed by atoms with van der Waals surface area (Å²) in [7, 11) is 3.40. The molecule has 1 heterocycles. The van der Waals surface area contributed by atoms with Gasteiger partial charge >= 0.3 is 0 Å². The van der Waals surface area contributed by atoms with Crippen molar-refractivity contribution in [2.24, 2.45) is 0 Å². The van der Waals surface area contributed by atoms with Crippen molar-refractivity contribution in [1.82, 2.24) is 10.2 Å². The van der Waals surface area contributed by atoms with Crippen molar-refractivity contribution in [1.29, 1.82) is 0 Å². The van der Waals surface area contributed by atoms with Crippen LogP contribution >= 0.6 is 12.4 Å². The molecule has 132 valence electrons. The quantitative estimate of drug-likeness (QED) is 0.810. The number of imide groups is 1. The summed E-state index contributed by atoms with van der Waals surface area (Å²) in [5.74, 6) is -1.73. The van der Waals surface area contributed by atoms with Crippen LogP contribution in [-0.2, 0) is 20.9 Å². The summed E-state index contributed by atoms with van der Waals surface area (Å²) >= 11 is 0. The van der Waals surface area contributed by atoms with Gasteiger partial charge in [0.2, 0.25) is 11.8 Å². The van der Waals surface area contributed by atoms with Crippen molar-refractivity contribution in [3.8, 4) is 0 Å². The van der Waals surface area contributed by atoms with Gasteiger partial charge in [0.25, 0.3) is 5.91 Å². The van der Waals surface area contributed by atoms with Gasteiger partial charge in [-0.1, -0.05) is 19.1 Å². The number of benzene rings is 1. The van der Waals surface area contributed by atoms with Crippen LogP contribution in [0.2, 0.25) is 0 Å². The number of hydrogen-bond donors (Lipinski definition) is 1. The molecule has 1 aliphatic rings. The van der Waals surface area contributed by atoms with E-state index >= 15 is 0 Å². The fourth-order valence-corrected chi connectivity index (χ4v) is 2.47. The van der Waals surface area contributed by atoms with E-state index in [1.165, 1.54) is 12.1 Å². The molecule has 3 amide bonds. The lowest BCUT2D eigenvalue weighted by Gasteiger charge is -2.19. The molecule has 1 atom stereocenters. The summed E-state index contributed by atoms with van der Waals surface area (Å²) in [4.78, 5) is 38.3. The van der Waals surface area contributed by atoms with Crippen LogP contribution in [0.1, 0.15) is 25.3 Å². The topological polar surface area (TPSA) is 69.7 Å². The summed E-state index contributed by atoms with van der Waals surface area (Å²) in [6, 6.07) is 3.90. The van der Waals surface area contributed by atoms with E-state index in [0.717, 1.165) is 4.90 Å². The summed E-state index contributed by atoms with van der Waals surface area (Å²) in [6.45, 7) is 1.71. The average molecular weight is 358 g/mol. The number of carbonyl (C=O) groups is 3. The third-order valence-electron chi connectivity index (χ3n) is 3.84. The second-order valence-corrected chi connectivity index (χ2v) is 5.63. The van der Waals surface area contributed by atoms with Gasteiger partial charge in [-0.15, -0.1) is 12.4 Å². The first-order valence-corrected chi connectivity index (χ1v) is 7.44. The molecular weight excluding hydrogens is 337 g/mol. The van der Waals surface area contributed by atoms with E-state index in [1.54, 1.807) is 32.0 Å². The van der Waals surface area contributed by atoms with E-state index in [-0.39, 0.29) is 42.5 Å². The van der Waals surface area contributed by atoms with Crippen molar-refractivity contribution in [2.45, 2.75) is 32.4 Å². The van der Waals surface area contributed by atoms with Crippen molar-refractivity contribution in [3.63, 3.8) is 0 Å². The Morgan fingerprint density at radius 3 is 2.58 bits per heavy atom. The Kier molecular flexibility index (Phi) is 6.86. The van der Waals surface area contributed by atoms with Crippen LogP contribution in [0.15, 0.2) is 18.2 Å². The molecule has 1 aliphatic heterocycles. The Labute approximate surface area is 146 Å². The van der Waals surface area contributed by atoms with Gasteiger partial charge in [-0.3, -0.25) is 19.3 Å². The number of rotatable bonds is 5. The van der Waals surface area contributed by atoms with E-state index in [0.29, 0.717) is 6.42 Å². The van der Waals surface area contributed by atoms with Gasteiger partial charge in [0.15, 0.2) is 5.82 Å². The predicted molar refractivity (Wildman–Crippen MR) is 90.4 cm³/mol. The Bertz CT molecular complexity index is 651. The van der Waals surface area contributed by atoms with Gasteiger partial charge < -0.3 is 5.32 Å². The highest BCUT2D eigenvalue weighted by Crippen LogP contribution is 2.28. The molecule has 6 nitrogen and oxygen atoms in total. The first-order chi connectivity index (χ1) is 10.9. The molecule has 8 heteroatoms. The smallest absolute Gasteiger partial charge is 0.251 e. The van der Waals surface area contributed by atoms with Gasteiger partial charge in [0.1, 0.15) is 0 Å². The second kappa shape index (κ2) is 8.21. The molecule has 0 saturated carbocycles. The lowest BCUT2D eigenvalue weighted by Crippen LogP contribution is -2.38. The molecule has 1 saturated heterocycles. The zero-order valence-electron chi connectivity index (χ0n) is 13.8. The van der Waals surface area contributed by atoms with Crippen LogP contribution in [0, 0.1) is 5.82 Å². The van der Waals surface area contributed by atoms with Crippen molar-refractivity contribution < 1.29 is 18.8 Å². The van der Waals surface area contributed by atoms with Crippen molar-refractivity contribution in [2.75, 3.05) is 19.0 Å². The number of carbonyl (C=O) groups excluding carboxylic acids is 3. The molecule has 0 aromatic heterocycles. The average Bonchev–Trinajstić information content (AvgIpc) is 2.81. The maximum Gasteiger partial charge on any atom is 0.251 e. The first-order valence-electron chi connectivity index (χ1n) is 7.44. The highest BCUT2D eigenvalue weighted by atomic mass is 35.5. The zero-order chi connectivity index (χ0) is 17.1. The Hall–Kier alpha value is -1.99. The molecule has 0 spiro atoms. The highest BCUT2D eigenvalue weighted by molar-refractivity contribution is 6.22. The largest absolute Gasteiger partial charge is 0.352 e. The molecule has 1 fully saturated rings. The number of anilines is 1. The van der Waals surface area contributed by atoms with Crippen molar-refractivity contribution in [3.05, 3.63) is 29.6 Å². The van der Waals surface area contributed by atoms with E-state index < -0.39 is 23.7 Å². The summed E-state index contributed by atoms with van der Waals surface area (Å²) in [5, 5.41) is 2.58. The Morgan fingerprint density at radius 2 is 2.04 bits per heavy atom. The predicted octanol–water partition coefficient (Wildman–Crippen LogP) is 1.47. The molecule has 2 rings (SSSR count). The fourth-order valence-electron chi connectivity index (χ4n) is 2.47. The number of hydrogen-bond acceptors (Lipinski definition) is 4. The summed E-state index contributed by atoms with van der Waals surface area (Å²) in [5.41, 5.74) is 0.172. The van der Waals surface area contributed by atoms with Gasteiger partial charge in [-0.25, -0.2) is 9.29 Å². The zero-order valence-corrected chi connectivity index (χ0v) is 14.7. The first kappa shape index (κ1) is 20.1. The maximum absolute atomic E-state index is 14.6. The minimum absolute atomic E-state index is 0. The minimum Gasteiger partial charge on any atom is -0.352 e. The van der Waals surface area contributed by atoms with Crippen LogP contribution in [0.5, 0.6) is 0 Å². The number of nitrogens with one attached hydrogen (secondary N) is 1.